The van der Waals surface area contributed by atoms with Crippen molar-refractivity contribution in [3.05, 3.63) is 64.2 Å². The van der Waals surface area contributed by atoms with Crippen LogP contribution >= 0.6 is 11.6 Å². The van der Waals surface area contributed by atoms with Crippen LogP contribution in [-0.4, -0.2) is 18.4 Å². The average Bonchev–Trinajstić information content (AvgIpc) is 2.86. The van der Waals surface area contributed by atoms with Gasteiger partial charge in [-0.15, -0.1) is 0 Å². The van der Waals surface area contributed by atoms with Crippen LogP contribution in [0.3, 0.4) is 0 Å². The number of hydrogen-bond donors (Lipinski definition) is 0. The first-order chi connectivity index (χ1) is 12.5. The van der Waals surface area contributed by atoms with Crippen molar-refractivity contribution in [2.24, 2.45) is 0 Å². The van der Waals surface area contributed by atoms with Crippen LogP contribution in [0.1, 0.15) is 30.0 Å². The fourth-order valence-electron chi connectivity index (χ4n) is 2.89. The largest absolute Gasteiger partial charge is 0.494 e. The summed E-state index contributed by atoms with van der Waals surface area (Å²) in [7, 11) is 0. The Morgan fingerprint density at radius 3 is 2.35 bits per heavy atom. The molecule has 1 heterocycles. The van der Waals surface area contributed by atoms with Gasteiger partial charge in [0.2, 0.25) is 0 Å². The first-order valence-corrected chi connectivity index (χ1v) is 8.91. The maximum Gasteiger partial charge on any atom is 0.277 e. The number of imide groups is 1. The third kappa shape index (κ3) is 3.13. The Kier molecular flexibility index (Phi) is 5.14. The van der Waals surface area contributed by atoms with Crippen LogP contribution in [0.5, 0.6) is 5.75 Å². The van der Waals surface area contributed by atoms with E-state index in [0.29, 0.717) is 17.9 Å². The van der Waals surface area contributed by atoms with Crippen LogP contribution in [0, 0.1) is 13.8 Å². The zero-order valence-electron chi connectivity index (χ0n) is 15.0. The van der Waals surface area contributed by atoms with Crippen molar-refractivity contribution in [1.29, 1.82) is 0 Å². The molecule has 26 heavy (non-hydrogen) atoms. The van der Waals surface area contributed by atoms with Gasteiger partial charge in [0.25, 0.3) is 11.8 Å². The second kappa shape index (κ2) is 7.34. The molecule has 0 spiro atoms. The Morgan fingerprint density at radius 1 is 1.00 bits per heavy atom. The van der Waals surface area contributed by atoms with E-state index < -0.39 is 11.8 Å². The highest BCUT2D eigenvalue weighted by atomic mass is 35.5. The molecule has 0 N–H and O–H groups in total. The predicted molar refractivity (Wildman–Crippen MR) is 103 cm³/mol. The SMILES string of the molecule is CCCOc1ccc(C2=C(Cl)C(=O)N(c3cccc(C)c3C)C2=O)cc1. The third-order valence-electron chi connectivity index (χ3n) is 4.46. The minimum absolute atomic E-state index is 0.0573. The number of rotatable bonds is 5. The molecule has 0 unspecified atom stereocenters. The van der Waals surface area contributed by atoms with E-state index >= 15 is 0 Å². The van der Waals surface area contributed by atoms with E-state index in [0.717, 1.165) is 28.2 Å². The first-order valence-electron chi connectivity index (χ1n) is 8.53. The van der Waals surface area contributed by atoms with Gasteiger partial charge in [0.15, 0.2) is 0 Å². The highest BCUT2D eigenvalue weighted by molar-refractivity contribution is 6.60. The van der Waals surface area contributed by atoms with Crippen molar-refractivity contribution >= 4 is 34.7 Å². The molecule has 0 aliphatic carbocycles. The highest BCUT2D eigenvalue weighted by Crippen LogP contribution is 2.37. The van der Waals surface area contributed by atoms with Gasteiger partial charge in [0, 0.05) is 0 Å². The van der Waals surface area contributed by atoms with E-state index in [1.807, 2.05) is 32.9 Å². The van der Waals surface area contributed by atoms with Crippen molar-refractivity contribution in [3.8, 4) is 5.75 Å². The normalized spacial score (nSPS) is 14.4. The van der Waals surface area contributed by atoms with Gasteiger partial charge in [0.05, 0.1) is 17.9 Å². The molecule has 0 aromatic heterocycles. The minimum atomic E-state index is -0.494. The maximum absolute atomic E-state index is 13.0. The quantitative estimate of drug-likeness (QED) is 0.723. The average molecular weight is 370 g/mol. The number of nitrogens with zero attached hydrogens (tertiary/aromatic N) is 1. The molecule has 0 fully saturated rings. The number of halogens is 1. The van der Waals surface area contributed by atoms with Gasteiger partial charge in [-0.25, -0.2) is 4.90 Å². The molecule has 5 heteroatoms. The minimum Gasteiger partial charge on any atom is -0.494 e. The number of amides is 2. The molecular formula is C21H20ClNO3. The fourth-order valence-corrected chi connectivity index (χ4v) is 3.16. The van der Waals surface area contributed by atoms with E-state index in [9.17, 15) is 9.59 Å². The smallest absolute Gasteiger partial charge is 0.277 e. The highest BCUT2D eigenvalue weighted by Gasteiger charge is 2.39. The van der Waals surface area contributed by atoms with Gasteiger partial charge < -0.3 is 4.74 Å². The molecule has 3 rings (SSSR count). The summed E-state index contributed by atoms with van der Waals surface area (Å²) < 4.78 is 5.56. The molecule has 1 aliphatic rings. The topological polar surface area (TPSA) is 46.6 Å². The van der Waals surface area contributed by atoms with E-state index in [-0.39, 0.29) is 10.6 Å². The second-order valence-corrected chi connectivity index (χ2v) is 6.60. The lowest BCUT2D eigenvalue weighted by Crippen LogP contribution is -2.31. The molecule has 134 valence electrons. The molecular weight excluding hydrogens is 350 g/mol. The van der Waals surface area contributed by atoms with E-state index in [1.54, 1.807) is 30.3 Å². The number of carbonyl (C=O) groups excluding carboxylic acids is 2. The van der Waals surface area contributed by atoms with Crippen LogP contribution in [0.4, 0.5) is 5.69 Å². The zero-order chi connectivity index (χ0) is 18.8. The molecule has 2 aromatic rings. The molecule has 0 saturated heterocycles. The molecule has 2 amide bonds. The lowest BCUT2D eigenvalue weighted by Gasteiger charge is -2.18. The van der Waals surface area contributed by atoms with E-state index in [4.69, 9.17) is 16.3 Å². The fraction of sp³-hybridized carbons (Fsp3) is 0.238. The first kappa shape index (κ1) is 18.2. The Labute approximate surface area is 158 Å². The van der Waals surface area contributed by atoms with Crippen molar-refractivity contribution in [1.82, 2.24) is 0 Å². The summed E-state index contributed by atoms with van der Waals surface area (Å²) in [6.07, 6.45) is 0.913. The monoisotopic (exact) mass is 369 g/mol. The summed E-state index contributed by atoms with van der Waals surface area (Å²) >= 11 is 6.25. The van der Waals surface area contributed by atoms with Crippen LogP contribution in [0.2, 0.25) is 0 Å². The molecule has 1 aliphatic heterocycles. The van der Waals surface area contributed by atoms with Crippen LogP contribution in [-0.2, 0) is 9.59 Å². The molecule has 4 nitrogen and oxygen atoms in total. The van der Waals surface area contributed by atoms with Crippen LogP contribution in [0.25, 0.3) is 5.57 Å². The maximum atomic E-state index is 13.0. The lowest BCUT2D eigenvalue weighted by atomic mass is 10.1. The second-order valence-electron chi connectivity index (χ2n) is 6.23. The zero-order valence-corrected chi connectivity index (χ0v) is 15.8. The van der Waals surface area contributed by atoms with E-state index in [1.165, 1.54) is 0 Å². The van der Waals surface area contributed by atoms with Gasteiger partial charge in [-0.3, -0.25) is 9.59 Å². The van der Waals surface area contributed by atoms with Crippen molar-refractivity contribution in [2.45, 2.75) is 27.2 Å². The number of hydrogen-bond acceptors (Lipinski definition) is 3. The van der Waals surface area contributed by atoms with Gasteiger partial charge in [-0.2, -0.15) is 0 Å². The van der Waals surface area contributed by atoms with Gasteiger partial charge >= 0.3 is 0 Å². The van der Waals surface area contributed by atoms with Crippen molar-refractivity contribution in [3.63, 3.8) is 0 Å². The Bertz CT molecular complexity index is 900. The summed E-state index contributed by atoms with van der Waals surface area (Å²) in [6.45, 7) is 6.48. The number of benzene rings is 2. The summed E-state index contributed by atoms with van der Waals surface area (Å²) in [5.41, 5.74) is 3.27. The van der Waals surface area contributed by atoms with Crippen LogP contribution < -0.4 is 9.64 Å². The lowest BCUT2D eigenvalue weighted by molar-refractivity contribution is -0.119. The Morgan fingerprint density at radius 2 is 1.69 bits per heavy atom. The summed E-state index contributed by atoms with van der Waals surface area (Å²) in [4.78, 5) is 26.8. The van der Waals surface area contributed by atoms with Crippen molar-refractivity contribution in [2.75, 3.05) is 11.5 Å². The molecule has 0 saturated carbocycles. The molecule has 0 radical (unpaired) electrons. The number of aryl methyl sites for hydroxylation is 1. The Hall–Kier alpha value is -2.59. The summed E-state index contributed by atoms with van der Waals surface area (Å²) in [6, 6.07) is 12.6. The number of anilines is 1. The predicted octanol–water partition coefficient (Wildman–Crippen LogP) is 4.62. The van der Waals surface area contributed by atoms with Crippen LogP contribution in [0.15, 0.2) is 47.5 Å². The Balaban J connectivity index is 1.95. The third-order valence-corrected chi connectivity index (χ3v) is 4.81. The van der Waals surface area contributed by atoms with Gasteiger partial charge in [-0.1, -0.05) is 42.8 Å². The van der Waals surface area contributed by atoms with E-state index in [2.05, 4.69) is 0 Å². The standard InChI is InChI=1S/C21H20ClNO3/c1-4-12-26-16-10-8-15(9-11-16)18-19(22)21(25)23(20(18)24)17-7-5-6-13(2)14(17)3/h5-11H,4,12H2,1-3H3. The van der Waals surface area contributed by atoms with Crippen molar-refractivity contribution < 1.29 is 14.3 Å². The summed E-state index contributed by atoms with van der Waals surface area (Å²) in [5.74, 6) is -0.182. The molecule has 0 bridgehead atoms. The number of ether oxygens (including phenoxy) is 1. The van der Waals surface area contributed by atoms with Gasteiger partial charge in [0.1, 0.15) is 10.8 Å². The summed E-state index contributed by atoms with van der Waals surface area (Å²) in [5, 5.41) is -0.0573. The molecule has 2 aromatic carbocycles. The van der Waals surface area contributed by atoms with Gasteiger partial charge in [-0.05, 0) is 55.2 Å². The molecule has 0 atom stereocenters. The number of carbonyl (C=O) groups is 2.